The summed E-state index contributed by atoms with van der Waals surface area (Å²) in [7, 11) is 0. The number of thiol groups is 1. The highest BCUT2D eigenvalue weighted by Crippen LogP contribution is 2.29. The highest BCUT2D eigenvalue weighted by Gasteiger charge is 2.28. The van der Waals surface area contributed by atoms with Gasteiger partial charge in [0, 0.05) is 16.5 Å². The molecule has 1 aliphatic rings. The molecule has 2 nitrogen and oxygen atoms in total. The number of hydrogen-bond donors (Lipinski definition) is 2. The number of carbonyl (C=O) groups is 1. The first-order valence-electron chi connectivity index (χ1n) is 6.68. The fraction of sp³-hybridized carbons (Fsp3) is 0.533. The Morgan fingerprint density at radius 2 is 1.89 bits per heavy atom. The van der Waals surface area contributed by atoms with E-state index in [1.807, 2.05) is 24.3 Å². The van der Waals surface area contributed by atoms with Crippen LogP contribution in [0.1, 0.15) is 43.5 Å². The molecule has 0 aliphatic heterocycles. The second-order valence-electron chi connectivity index (χ2n) is 5.39. The Kier molecular flexibility index (Phi) is 4.33. The molecule has 0 bridgehead atoms. The highest BCUT2D eigenvalue weighted by molar-refractivity contribution is 7.80. The molecule has 1 aromatic carbocycles. The molecule has 18 heavy (non-hydrogen) atoms. The molecule has 3 heteroatoms. The lowest BCUT2D eigenvalue weighted by molar-refractivity contribution is 0.0891. The summed E-state index contributed by atoms with van der Waals surface area (Å²) in [5.74, 6) is 1.30. The summed E-state index contributed by atoms with van der Waals surface area (Å²) in [5, 5.41) is 3.17. The molecule has 1 amide bonds. The van der Waals surface area contributed by atoms with Gasteiger partial charge < -0.3 is 5.32 Å². The Morgan fingerprint density at radius 3 is 2.56 bits per heavy atom. The Morgan fingerprint density at radius 1 is 1.22 bits per heavy atom. The topological polar surface area (TPSA) is 29.1 Å². The lowest BCUT2D eigenvalue weighted by Gasteiger charge is -2.34. The third kappa shape index (κ3) is 3.08. The minimum absolute atomic E-state index is 0.0364. The van der Waals surface area contributed by atoms with E-state index in [1.54, 1.807) is 0 Å². The maximum absolute atomic E-state index is 12.1. The minimum atomic E-state index is 0.0364. The van der Waals surface area contributed by atoms with E-state index in [1.165, 1.54) is 12.8 Å². The van der Waals surface area contributed by atoms with Crippen molar-refractivity contribution < 1.29 is 4.79 Å². The fourth-order valence-corrected chi connectivity index (χ4v) is 2.80. The summed E-state index contributed by atoms with van der Waals surface area (Å²) in [4.78, 5) is 13.0. The molecule has 1 fully saturated rings. The zero-order valence-corrected chi connectivity index (χ0v) is 11.9. The molecule has 0 heterocycles. The van der Waals surface area contributed by atoms with Crippen molar-refractivity contribution in [3.63, 3.8) is 0 Å². The fourth-order valence-electron chi connectivity index (χ4n) is 2.65. The van der Waals surface area contributed by atoms with Crippen molar-refractivity contribution in [3.05, 3.63) is 29.8 Å². The maximum Gasteiger partial charge on any atom is 0.251 e. The lowest BCUT2D eigenvalue weighted by atomic mass is 9.78. The van der Waals surface area contributed by atoms with Crippen LogP contribution in [0.4, 0.5) is 0 Å². The van der Waals surface area contributed by atoms with E-state index in [4.69, 9.17) is 0 Å². The maximum atomic E-state index is 12.1. The molecule has 1 aromatic rings. The molecular formula is C15H21NOS. The standard InChI is InChI=1S/C15H21NOS/c1-10-4-3-5-14(11(10)2)16-15(17)12-6-8-13(18)9-7-12/h6-11,14,18H,3-5H2,1-2H3,(H,16,17). The number of nitrogens with one attached hydrogen (secondary N) is 1. The molecule has 98 valence electrons. The minimum Gasteiger partial charge on any atom is -0.349 e. The van der Waals surface area contributed by atoms with Gasteiger partial charge in [-0.15, -0.1) is 12.6 Å². The predicted octanol–water partition coefficient (Wildman–Crippen LogP) is 3.53. The van der Waals surface area contributed by atoms with Gasteiger partial charge in [0.05, 0.1) is 0 Å². The second kappa shape index (κ2) is 5.79. The number of carbonyl (C=O) groups excluding carboxylic acids is 1. The van der Waals surface area contributed by atoms with Crippen LogP contribution in [-0.2, 0) is 0 Å². The first kappa shape index (κ1) is 13.5. The number of benzene rings is 1. The van der Waals surface area contributed by atoms with Gasteiger partial charge in [-0.3, -0.25) is 4.79 Å². The summed E-state index contributed by atoms with van der Waals surface area (Å²) in [6.07, 6.45) is 3.59. The molecule has 2 rings (SSSR count). The average Bonchev–Trinajstić information content (AvgIpc) is 2.36. The SMILES string of the molecule is CC1CCCC(NC(=O)c2ccc(S)cc2)C1C. The van der Waals surface area contributed by atoms with Gasteiger partial charge >= 0.3 is 0 Å². The number of hydrogen-bond acceptors (Lipinski definition) is 2. The van der Waals surface area contributed by atoms with Crippen molar-refractivity contribution in [1.29, 1.82) is 0 Å². The van der Waals surface area contributed by atoms with Crippen LogP contribution in [0.2, 0.25) is 0 Å². The Balaban J connectivity index is 2.00. The average molecular weight is 263 g/mol. The quantitative estimate of drug-likeness (QED) is 0.785. The number of amides is 1. The Bertz CT molecular complexity index is 415. The van der Waals surface area contributed by atoms with Gasteiger partial charge in [-0.2, -0.15) is 0 Å². The summed E-state index contributed by atoms with van der Waals surface area (Å²) in [5.41, 5.74) is 0.721. The van der Waals surface area contributed by atoms with Crippen LogP contribution in [0.3, 0.4) is 0 Å². The largest absolute Gasteiger partial charge is 0.349 e. The molecule has 3 atom stereocenters. The van der Waals surface area contributed by atoms with E-state index in [0.717, 1.165) is 16.9 Å². The van der Waals surface area contributed by atoms with E-state index in [2.05, 4.69) is 31.8 Å². The molecule has 0 saturated heterocycles. The van der Waals surface area contributed by atoms with E-state index >= 15 is 0 Å². The van der Waals surface area contributed by atoms with E-state index in [-0.39, 0.29) is 5.91 Å². The third-order valence-corrected chi connectivity index (χ3v) is 4.45. The normalized spacial score (nSPS) is 27.8. The molecule has 1 N–H and O–H groups in total. The van der Waals surface area contributed by atoms with Gasteiger partial charge in [0.2, 0.25) is 0 Å². The monoisotopic (exact) mass is 263 g/mol. The molecule has 0 radical (unpaired) electrons. The molecule has 0 aromatic heterocycles. The van der Waals surface area contributed by atoms with Crippen LogP contribution in [-0.4, -0.2) is 11.9 Å². The van der Waals surface area contributed by atoms with Gasteiger partial charge in [-0.25, -0.2) is 0 Å². The van der Waals surface area contributed by atoms with Crippen LogP contribution >= 0.6 is 12.6 Å². The zero-order chi connectivity index (χ0) is 13.1. The molecule has 1 saturated carbocycles. The lowest BCUT2D eigenvalue weighted by Crippen LogP contribution is -2.43. The smallest absolute Gasteiger partial charge is 0.251 e. The zero-order valence-electron chi connectivity index (χ0n) is 11.0. The van der Waals surface area contributed by atoms with Gasteiger partial charge in [0.25, 0.3) is 5.91 Å². The first-order valence-corrected chi connectivity index (χ1v) is 7.12. The predicted molar refractivity (Wildman–Crippen MR) is 77.1 cm³/mol. The Hall–Kier alpha value is -0.960. The van der Waals surface area contributed by atoms with Crippen LogP contribution in [0.15, 0.2) is 29.2 Å². The van der Waals surface area contributed by atoms with Crippen molar-refractivity contribution in [2.45, 2.75) is 44.0 Å². The summed E-state index contributed by atoms with van der Waals surface area (Å²) >= 11 is 4.23. The molecule has 0 spiro atoms. The van der Waals surface area contributed by atoms with E-state index in [9.17, 15) is 4.79 Å². The molecular weight excluding hydrogens is 242 g/mol. The van der Waals surface area contributed by atoms with Gasteiger partial charge in [0.15, 0.2) is 0 Å². The van der Waals surface area contributed by atoms with Crippen LogP contribution in [0.5, 0.6) is 0 Å². The van der Waals surface area contributed by atoms with Crippen LogP contribution in [0.25, 0.3) is 0 Å². The van der Waals surface area contributed by atoms with Crippen molar-refractivity contribution >= 4 is 18.5 Å². The van der Waals surface area contributed by atoms with Crippen LogP contribution in [0, 0.1) is 11.8 Å². The van der Waals surface area contributed by atoms with Crippen molar-refractivity contribution in [1.82, 2.24) is 5.32 Å². The van der Waals surface area contributed by atoms with E-state index < -0.39 is 0 Å². The first-order chi connectivity index (χ1) is 8.58. The van der Waals surface area contributed by atoms with Gasteiger partial charge in [-0.05, 0) is 42.5 Å². The summed E-state index contributed by atoms with van der Waals surface area (Å²) < 4.78 is 0. The van der Waals surface area contributed by atoms with Gasteiger partial charge in [-0.1, -0.05) is 26.7 Å². The molecule has 1 aliphatic carbocycles. The van der Waals surface area contributed by atoms with Crippen LogP contribution < -0.4 is 5.32 Å². The highest BCUT2D eigenvalue weighted by atomic mass is 32.1. The Labute approximate surface area is 115 Å². The summed E-state index contributed by atoms with van der Waals surface area (Å²) in [6.45, 7) is 4.52. The van der Waals surface area contributed by atoms with Crippen molar-refractivity contribution in [2.75, 3.05) is 0 Å². The molecule has 3 unspecified atom stereocenters. The second-order valence-corrected chi connectivity index (χ2v) is 5.91. The summed E-state index contributed by atoms with van der Waals surface area (Å²) in [6, 6.07) is 7.68. The third-order valence-electron chi connectivity index (χ3n) is 4.15. The van der Waals surface area contributed by atoms with E-state index in [0.29, 0.717) is 17.9 Å². The number of rotatable bonds is 2. The van der Waals surface area contributed by atoms with Crippen molar-refractivity contribution in [3.8, 4) is 0 Å². The van der Waals surface area contributed by atoms with Crippen molar-refractivity contribution in [2.24, 2.45) is 11.8 Å². The van der Waals surface area contributed by atoms with Gasteiger partial charge in [0.1, 0.15) is 0 Å².